The van der Waals surface area contributed by atoms with Gasteiger partial charge in [-0.15, -0.1) is 0 Å². The Morgan fingerprint density at radius 2 is 1.97 bits per heavy atom. The fraction of sp³-hybridized carbons (Fsp3) is 0.571. The second-order valence-electron chi connectivity index (χ2n) is 8.04. The number of hydrogen-bond acceptors (Lipinski definition) is 6. The summed E-state index contributed by atoms with van der Waals surface area (Å²) in [5.41, 5.74) is -0.405. The number of nitrogens with one attached hydrogen (secondary N) is 1. The van der Waals surface area contributed by atoms with Crippen molar-refractivity contribution in [2.45, 2.75) is 43.7 Å². The third kappa shape index (κ3) is 4.85. The van der Waals surface area contributed by atoms with Gasteiger partial charge in [0, 0.05) is 37.4 Å². The Hall–Kier alpha value is -2.20. The zero-order valence-corrected chi connectivity index (χ0v) is 17.9. The van der Waals surface area contributed by atoms with Gasteiger partial charge in [-0.05, 0) is 24.5 Å². The number of carbonyl (C=O) groups is 1. The number of thiazole rings is 1. The number of alkyl halides is 3. The van der Waals surface area contributed by atoms with Gasteiger partial charge in [-0.1, -0.05) is 36.7 Å². The van der Waals surface area contributed by atoms with Crippen LogP contribution >= 0.6 is 11.3 Å². The van der Waals surface area contributed by atoms with Crippen LogP contribution < -0.4 is 10.2 Å². The molecule has 2 aromatic heterocycles. The maximum Gasteiger partial charge on any atom is 0.435 e. The standard InChI is InChI=1S/C21H25F3N4O2S/c22-21(23,24)17-16(31-19(27-17)28-9-11-30-12-10-28)18(29)26-14-20(6-2-1-3-7-20)15-5-4-8-25-13-15/h4-5,8,13H,1-3,6-7,9-12,14H2,(H,26,29). The van der Waals surface area contributed by atoms with Crippen molar-refractivity contribution < 1.29 is 22.7 Å². The molecule has 1 amide bonds. The van der Waals surface area contributed by atoms with Gasteiger partial charge in [-0.25, -0.2) is 4.98 Å². The number of anilines is 1. The third-order valence-electron chi connectivity index (χ3n) is 6.04. The van der Waals surface area contributed by atoms with Crippen LogP contribution in [-0.2, 0) is 16.3 Å². The summed E-state index contributed by atoms with van der Waals surface area (Å²) in [5, 5.41) is 3.01. The Labute approximate surface area is 182 Å². The SMILES string of the molecule is O=C(NCC1(c2cccnc2)CCCCC1)c1sc(N2CCOCC2)nc1C(F)(F)F. The van der Waals surface area contributed by atoms with Crippen LogP contribution in [0.4, 0.5) is 18.3 Å². The molecule has 31 heavy (non-hydrogen) atoms. The Kier molecular flexibility index (Phi) is 6.47. The van der Waals surface area contributed by atoms with Gasteiger partial charge in [0.15, 0.2) is 10.8 Å². The predicted molar refractivity (Wildman–Crippen MR) is 111 cm³/mol. The van der Waals surface area contributed by atoms with Gasteiger partial charge < -0.3 is 15.0 Å². The van der Waals surface area contributed by atoms with Crippen LogP contribution in [0.15, 0.2) is 24.5 Å². The Morgan fingerprint density at radius 1 is 1.23 bits per heavy atom. The van der Waals surface area contributed by atoms with Crippen molar-refractivity contribution in [1.82, 2.24) is 15.3 Å². The Morgan fingerprint density at radius 3 is 2.61 bits per heavy atom. The van der Waals surface area contributed by atoms with Crippen LogP contribution in [0.1, 0.15) is 53.0 Å². The van der Waals surface area contributed by atoms with Gasteiger partial charge >= 0.3 is 6.18 Å². The summed E-state index contributed by atoms with van der Waals surface area (Å²) in [6.45, 7) is 2.04. The van der Waals surface area contributed by atoms with E-state index in [1.807, 2.05) is 12.1 Å². The van der Waals surface area contributed by atoms with E-state index in [2.05, 4.69) is 15.3 Å². The highest BCUT2D eigenvalue weighted by molar-refractivity contribution is 7.17. The van der Waals surface area contributed by atoms with Crippen LogP contribution in [0.5, 0.6) is 0 Å². The van der Waals surface area contributed by atoms with Crippen LogP contribution in [0.3, 0.4) is 0 Å². The second kappa shape index (κ2) is 9.12. The summed E-state index contributed by atoms with van der Waals surface area (Å²) >= 11 is 0.797. The smallest absolute Gasteiger partial charge is 0.378 e. The molecule has 3 heterocycles. The fourth-order valence-corrected chi connectivity index (χ4v) is 5.40. The van der Waals surface area contributed by atoms with Crippen molar-refractivity contribution in [2.24, 2.45) is 0 Å². The number of pyridine rings is 1. The highest BCUT2D eigenvalue weighted by atomic mass is 32.1. The normalized spacial score (nSPS) is 19.3. The molecule has 2 aromatic rings. The average Bonchev–Trinajstić information content (AvgIpc) is 3.26. The number of morpholine rings is 1. The molecule has 1 N–H and O–H groups in total. The van der Waals surface area contributed by atoms with Crippen molar-refractivity contribution >= 4 is 22.4 Å². The second-order valence-corrected chi connectivity index (χ2v) is 9.01. The summed E-state index contributed by atoms with van der Waals surface area (Å²) in [4.78, 5) is 22.3. The Balaban J connectivity index is 1.56. The number of amides is 1. The summed E-state index contributed by atoms with van der Waals surface area (Å²) < 4.78 is 46.2. The van der Waals surface area contributed by atoms with E-state index < -0.39 is 17.8 Å². The number of nitrogens with zero attached hydrogens (tertiary/aromatic N) is 3. The topological polar surface area (TPSA) is 67.4 Å². The minimum Gasteiger partial charge on any atom is -0.378 e. The van der Waals surface area contributed by atoms with E-state index in [-0.39, 0.29) is 22.0 Å². The van der Waals surface area contributed by atoms with Crippen molar-refractivity contribution in [3.63, 3.8) is 0 Å². The van der Waals surface area contributed by atoms with Crippen molar-refractivity contribution in [1.29, 1.82) is 0 Å². The first-order valence-electron chi connectivity index (χ1n) is 10.5. The van der Waals surface area contributed by atoms with Crippen LogP contribution in [-0.4, -0.2) is 48.7 Å². The molecule has 1 aliphatic heterocycles. The molecule has 1 saturated heterocycles. The molecule has 0 aromatic carbocycles. The lowest BCUT2D eigenvalue weighted by Crippen LogP contribution is -2.42. The minimum absolute atomic E-state index is 0.209. The molecule has 1 aliphatic carbocycles. The van der Waals surface area contributed by atoms with Crippen molar-refractivity contribution in [3.8, 4) is 0 Å². The lowest BCUT2D eigenvalue weighted by atomic mass is 9.70. The Bertz CT molecular complexity index is 892. The molecule has 10 heteroatoms. The predicted octanol–water partition coefficient (Wildman–Crippen LogP) is 4.03. The molecule has 0 bridgehead atoms. The fourth-order valence-electron chi connectivity index (χ4n) is 4.35. The van der Waals surface area contributed by atoms with Gasteiger partial charge in [-0.2, -0.15) is 13.2 Å². The number of carbonyl (C=O) groups excluding carboxylic acids is 1. The molecule has 4 rings (SSSR count). The average molecular weight is 455 g/mol. The zero-order chi connectivity index (χ0) is 21.9. The molecule has 2 aliphatic rings. The van der Waals surface area contributed by atoms with Gasteiger partial charge in [0.2, 0.25) is 0 Å². The van der Waals surface area contributed by atoms with Crippen molar-refractivity contribution in [3.05, 3.63) is 40.7 Å². The number of halogens is 3. The molecule has 168 valence electrons. The monoisotopic (exact) mass is 454 g/mol. The number of aromatic nitrogens is 2. The first kappa shape index (κ1) is 22.0. The zero-order valence-electron chi connectivity index (χ0n) is 17.1. The molecule has 0 radical (unpaired) electrons. The van der Waals surface area contributed by atoms with Crippen molar-refractivity contribution in [2.75, 3.05) is 37.7 Å². The van der Waals surface area contributed by atoms with Crippen LogP contribution in [0, 0.1) is 0 Å². The summed E-state index contributed by atoms with van der Waals surface area (Å²) in [6.07, 6.45) is 3.67. The van der Waals surface area contributed by atoms with Crippen LogP contribution in [0.2, 0.25) is 0 Å². The first-order valence-corrected chi connectivity index (χ1v) is 11.3. The summed E-state index contributed by atoms with van der Waals surface area (Å²) in [7, 11) is 0. The number of rotatable bonds is 5. The van der Waals surface area contributed by atoms with E-state index in [0.29, 0.717) is 26.3 Å². The van der Waals surface area contributed by atoms with Gasteiger partial charge in [-0.3, -0.25) is 9.78 Å². The number of ether oxygens (including phenoxy) is 1. The summed E-state index contributed by atoms with van der Waals surface area (Å²) in [5.74, 6) is -0.724. The van der Waals surface area contributed by atoms with E-state index in [0.717, 1.165) is 49.0 Å². The lowest BCUT2D eigenvalue weighted by Gasteiger charge is -2.37. The molecular formula is C21H25F3N4O2S. The molecule has 0 atom stereocenters. The lowest BCUT2D eigenvalue weighted by molar-refractivity contribution is -0.141. The van der Waals surface area contributed by atoms with E-state index in [4.69, 9.17) is 4.74 Å². The van der Waals surface area contributed by atoms with Gasteiger partial charge in [0.25, 0.3) is 5.91 Å². The molecule has 1 saturated carbocycles. The number of hydrogen-bond donors (Lipinski definition) is 1. The summed E-state index contributed by atoms with van der Waals surface area (Å²) in [6, 6.07) is 3.84. The van der Waals surface area contributed by atoms with E-state index in [1.165, 1.54) is 0 Å². The minimum atomic E-state index is -4.69. The van der Waals surface area contributed by atoms with Crippen LogP contribution in [0.25, 0.3) is 0 Å². The quantitative estimate of drug-likeness (QED) is 0.739. The van der Waals surface area contributed by atoms with E-state index in [1.54, 1.807) is 17.3 Å². The third-order valence-corrected chi connectivity index (χ3v) is 7.16. The largest absolute Gasteiger partial charge is 0.435 e. The maximum atomic E-state index is 13.6. The van der Waals surface area contributed by atoms with Gasteiger partial charge in [0.05, 0.1) is 13.2 Å². The molecule has 6 nitrogen and oxygen atoms in total. The van der Waals surface area contributed by atoms with E-state index in [9.17, 15) is 18.0 Å². The highest BCUT2D eigenvalue weighted by Crippen LogP contribution is 2.40. The first-order chi connectivity index (χ1) is 14.9. The van der Waals surface area contributed by atoms with E-state index >= 15 is 0 Å². The van der Waals surface area contributed by atoms with Gasteiger partial charge in [0.1, 0.15) is 4.88 Å². The molecule has 0 unspecified atom stereocenters. The highest BCUT2D eigenvalue weighted by Gasteiger charge is 2.41. The molecular weight excluding hydrogens is 429 g/mol. The maximum absolute atomic E-state index is 13.6. The molecule has 0 spiro atoms. The molecule has 2 fully saturated rings.